The molecule has 0 saturated carbocycles. The molecule has 3 aromatic rings. The minimum atomic E-state index is -0.291. The molecule has 1 fully saturated rings. The number of nitrogens with one attached hydrogen (secondary N) is 1. The van der Waals surface area contributed by atoms with Crippen LogP contribution in [0.25, 0.3) is 0 Å². The number of hydrogen-bond acceptors (Lipinski definition) is 5. The standard InChI is InChI=1S/C24H23N5O/c1-18-4-2-7-21(14-18)28-10-12-29(13-11-28)22-8-9-23(26-17-22)24(30)27-20-6-3-5-19(15-20)16-25/h2-9,14-15,17H,10-13H2,1H3,(H,27,30). The first-order valence-electron chi connectivity index (χ1n) is 9.96. The summed E-state index contributed by atoms with van der Waals surface area (Å²) in [5, 5.41) is 11.8. The molecule has 0 aliphatic carbocycles. The SMILES string of the molecule is Cc1cccc(N2CCN(c3ccc(C(=O)Nc4cccc(C#N)c4)nc3)CC2)c1. The molecule has 30 heavy (non-hydrogen) atoms. The van der Waals surface area contributed by atoms with Crippen molar-refractivity contribution >= 4 is 23.0 Å². The number of rotatable bonds is 4. The van der Waals surface area contributed by atoms with Crippen molar-refractivity contribution in [3.63, 3.8) is 0 Å². The van der Waals surface area contributed by atoms with E-state index in [1.807, 2.05) is 6.07 Å². The maximum absolute atomic E-state index is 12.5. The minimum Gasteiger partial charge on any atom is -0.368 e. The number of benzene rings is 2. The highest BCUT2D eigenvalue weighted by atomic mass is 16.1. The molecule has 150 valence electrons. The van der Waals surface area contributed by atoms with Gasteiger partial charge >= 0.3 is 0 Å². The summed E-state index contributed by atoms with van der Waals surface area (Å²) in [6.07, 6.45) is 1.75. The predicted molar refractivity (Wildman–Crippen MR) is 119 cm³/mol. The smallest absolute Gasteiger partial charge is 0.274 e. The Morgan fingerprint density at radius 2 is 1.70 bits per heavy atom. The molecule has 1 aliphatic heterocycles. The second-order valence-corrected chi connectivity index (χ2v) is 7.36. The van der Waals surface area contributed by atoms with Gasteiger partial charge in [-0.25, -0.2) is 4.98 Å². The number of carbonyl (C=O) groups is 1. The summed E-state index contributed by atoms with van der Waals surface area (Å²) in [7, 11) is 0. The van der Waals surface area contributed by atoms with E-state index < -0.39 is 0 Å². The first-order valence-corrected chi connectivity index (χ1v) is 9.96. The highest BCUT2D eigenvalue weighted by Gasteiger charge is 2.18. The predicted octanol–water partition coefficient (Wildman–Crippen LogP) is 3.84. The first kappa shape index (κ1) is 19.5. The molecule has 2 aromatic carbocycles. The Morgan fingerprint density at radius 3 is 2.37 bits per heavy atom. The van der Waals surface area contributed by atoms with Crippen molar-refractivity contribution < 1.29 is 4.79 Å². The Balaban J connectivity index is 1.37. The maximum atomic E-state index is 12.5. The molecule has 0 bridgehead atoms. The van der Waals surface area contributed by atoms with Crippen LogP contribution in [-0.2, 0) is 0 Å². The third-order valence-electron chi connectivity index (χ3n) is 5.24. The highest BCUT2D eigenvalue weighted by molar-refractivity contribution is 6.03. The van der Waals surface area contributed by atoms with Crippen LogP contribution in [0.4, 0.5) is 17.1 Å². The molecule has 1 aromatic heterocycles. The van der Waals surface area contributed by atoms with Gasteiger partial charge in [-0.05, 0) is 55.0 Å². The Labute approximate surface area is 176 Å². The van der Waals surface area contributed by atoms with E-state index in [9.17, 15) is 4.79 Å². The van der Waals surface area contributed by atoms with Crippen LogP contribution < -0.4 is 15.1 Å². The second kappa shape index (κ2) is 8.66. The molecule has 0 radical (unpaired) electrons. The van der Waals surface area contributed by atoms with Crippen molar-refractivity contribution in [3.8, 4) is 6.07 Å². The lowest BCUT2D eigenvalue weighted by atomic mass is 10.2. The van der Waals surface area contributed by atoms with Crippen molar-refractivity contribution in [2.45, 2.75) is 6.92 Å². The molecule has 0 spiro atoms. The maximum Gasteiger partial charge on any atom is 0.274 e. The van der Waals surface area contributed by atoms with Gasteiger partial charge in [-0.15, -0.1) is 0 Å². The van der Waals surface area contributed by atoms with Crippen LogP contribution in [0, 0.1) is 18.3 Å². The van der Waals surface area contributed by atoms with Crippen LogP contribution in [0.2, 0.25) is 0 Å². The number of anilines is 3. The van der Waals surface area contributed by atoms with Crippen molar-refractivity contribution in [2.75, 3.05) is 41.3 Å². The minimum absolute atomic E-state index is 0.291. The normalized spacial score (nSPS) is 13.6. The van der Waals surface area contributed by atoms with E-state index in [2.05, 4.69) is 57.4 Å². The number of carbonyl (C=O) groups excluding carboxylic acids is 1. The lowest BCUT2D eigenvalue weighted by molar-refractivity contribution is 0.102. The van der Waals surface area contributed by atoms with E-state index in [1.54, 1.807) is 36.5 Å². The fourth-order valence-corrected chi connectivity index (χ4v) is 3.62. The average Bonchev–Trinajstić information content (AvgIpc) is 2.79. The van der Waals surface area contributed by atoms with E-state index in [1.165, 1.54) is 11.3 Å². The summed E-state index contributed by atoms with van der Waals surface area (Å²) >= 11 is 0. The van der Waals surface area contributed by atoms with Gasteiger partial charge in [-0.2, -0.15) is 5.26 Å². The molecule has 0 atom stereocenters. The fraction of sp³-hybridized carbons (Fsp3) is 0.208. The van der Waals surface area contributed by atoms with E-state index in [0.29, 0.717) is 16.9 Å². The molecule has 1 saturated heterocycles. The Kier molecular flexibility index (Phi) is 5.62. The van der Waals surface area contributed by atoms with E-state index >= 15 is 0 Å². The lowest BCUT2D eigenvalue weighted by Crippen LogP contribution is -2.46. The molecular weight excluding hydrogens is 374 g/mol. The number of amides is 1. The van der Waals surface area contributed by atoms with E-state index in [4.69, 9.17) is 5.26 Å². The van der Waals surface area contributed by atoms with Gasteiger partial charge in [0, 0.05) is 37.6 Å². The van der Waals surface area contributed by atoms with Crippen LogP contribution in [0.15, 0.2) is 66.9 Å². The third kappa shape index (κ3) is 4.41. The molecule has 2 heterocycles. The molecular formula is C24H23N5O. The zero-order valence-corrected chi connectivity index (χ0v) is 16.9. The molecule has 1 aliphatic rings. The molecule has 1 amide bonds. The van der Waals surface area contributed by atoms with Crippen molar-refractivity contribution in [2.24, 2.45) is 0 Å². The summed E-state index contributed by atoms with van der Waals surface area (Å²) in [5.41, 5.74) is 4.98. The lowest BCUT2D eigenvalue weighted by Gasteiger charge is -2.37. The van der Waals surface area contributed by atoms with Gasteiger partial charge in [-0.3, -0.25) is 4.79 Å². The van der Waals surface area contributed by atoms with Crippen molar-refractivity contribution in [1.82, 2.24) is 4.98 Å². The van der Waals surface area contributed by atoms with Gasteiger partial charge in [-0.1, -0.05) is 18.2 Å². The number of aromatic nitrogens is 1. The first-order chi connectivity index (χ1) is 14.6. The van der Waals surface area contributed by atoms with Crippen LogP contribution in [-0.4, -0.2) is 37.1 Å². The number of nitrogens with zero attached hydrogens (tertiary/aromatic N) is 4. The third-order valence-corrected chi connectivity index (χ3v) is 5.24. The number of nitriles is 1. The quantitative estimate of drug-likeness (QED) is 0.724. The van der Waals surface area contributed by atoms with Crippen LogP contribution in [0.5, 0.6) is 0 Å². The summed E-state index contributed by atoms with van der Waals surface area (Å²) in [5.74, 6) is -0.291. The van der Waals surface area contributed by atoms with Crippen molar-refractivity contribution in [3.05, 3.63) is 83.7 Å². The molecule has 4 rings (SSSR count). The molecule has 1 N–H and O–H groups in total. The number of pyridine rings is 1. The van der Waals surface area contributed by atoms with Gasteiger partial charge in [0.05, 0.1) is 23.5 Å². The van der Waals surface area contributed by atoms with Crippen molar-refractivity contribution in [1.29, 1.82) is 5.26 Å². The Morgan fingerprint density at radius 1 is 0.967 bits per heavy atom. The Hall–Kier alpha value is -3.85. The fourth-order valence-electron chi connectivity index (χ4n) is 3.62. The topological polar surface area (TPSA) is 72.3 Å². The van der Waals surface area contributed by atoms with Gasteiger partial charge in [0.25, 0.3) is 5.91 Å². The number of aryl methyl sites for hydroxylation is 1. The summed E-state index contributed by atoms with van der Waals surface area (Å²) < 4.78 is 0. The zero-order chi connectivity index (χ0) is 20.9. The van der Waals surface area contributed by atoms with Gasteiger partial charge in [0.15, 0.2) is 0 Å². The van der Waals surface area contributed by atoms with Gasteiger partial charge < -0.3 is 15.1 Å². The van der Waals surface area contributed by atoms with Crippen LogP contribution in [0.1, 0.15) is 21.6 Å². The number of piperazine rings is 1. The zero-order valence-electron chi connectivity index (χ0n) is 16.9. The van der Waals surface area contributed by atoms with Crippen LogP contribution in [0.3, 0.4) is 0 Å². The number of hydrogen-bond donors (Lipinski definition) is 1. The largest absolute Gasteiger partial charge is 0.368 e. The monoisotopic (exact) mass is 397 g/mol. The summed E-state index contributed by atoms with van der Waals surface area (Å²) in [6.45, 7) is 5.81. The van der Waals surface area contributed by atoms with Gasteiger partial charge in [0.1, 0.15) is 5.69 Å². The van der Waals surface area contributed by atoms with Crippen LogP contribution >= 0.6 is 0 Å². The average molecular weight is 397 g/mol. The van der Waals surface area contributed by atoms with E-state index in [-0.39, 0.29) is 5.91 Å². The summed E-state index contributed by atoms with van der Waals surface area (Å²) in [4.78, 5) is 21.5. The summed E-state index contributed by atoms with van der Waals surface area (Å²) in [6, 6.07) is 21.2. The second-order valence-electron chi connectivity index (χ2n) is 7.36. The highest BCUT2D eigenvalue weighted by Crippen LogP contribution is 2.21. The molecule has 6 heteroatoms. The Bertz CT molecular complexity index is 1080. The molecule has 6 nitrogen and oxygen atoms in total. The molecule has 0 unspecified atom stereocenters. The van der Waals surface area contributed by atoms with Gasteiger partial charge in [0.2, 0.25) is 0 Å². The van der Waals surface area contributed by atoms with E-state index in [0.717, 1.165) is 31.9 Å².